The molecule has 0 aromatic carbocycles. The first-order chi connectivity index (χ1) is 8.69. The fourth-order valence-corrected chi connectivity index (χ4v) is 1.36. The van der Waals surface area contributed by atoms with E-state index < -0.39 is 5.82 Å². The van der Waals surface area contributed by atoms with E-state index in [2.05, 4.69) is 15.6 Å². The first kappa shape index (κ1) is 14.4. The molecule has 0 fully saturated rings. The number of aromatic nitrogens is 1. The minimum Gasteiger partial charge on any atom is -0.383 e. The fourth-order valence-electron chi connectivity index (χ4n) is 1.36. The van der Waals surface area contributed by atoms with Gasteiger partial charge >= 0.3 is 0 Å². The van der Waals surface area contributed by atoms with Gasteiger partial charge in [0.1, 0.15) is 11.6 Å². The summed E-state index contributed by atoms with van der Waals surface area (Å²) in [6.07, 6.45) is 1.98. The Hall–Kier alpha value is -1.69. The molecule has 2 N–H and O–H groups in total. The van der Waals surface area contributed by atoms with E-state index in [-0.39, 0.29) is 11.5 Å². The molecular weight excluding hydrogens is 237 g/mol. The molecule has 0 saturated carbocycles. The van der Waals surface area contributed by atoms with Gasteiger partial charge in [0.15, 0.2) is 0 Å². The molecule has 0 atom stereocenters. The van der Waals surface area contributed by atoms with E-state index in [1.54, 1.807) is 7.11 Å². The van der Waals surface area contributed by atoms with Gasteiger partial charge in [-0.1, -0.05) is 6.92 Å². The third kappa shape index (κ3) is 4.29. The molecule has 0 saturated heterocycles. The van der Waals surface area contributed by atoms with Crippen LogP contribution in [0.2, 0.25) is 0 Å². The van der Waals surface area contributed by atoms with Crippen molar-refractivity contribution < 1.29 is 13.9 Å². The number of rotatable bonds is 7. The number of hydrogen-bond acceptors (Lipinski definition) is 4. The highest BCUT2D eigenvalue weighted by molar-refractivity contribution is 5.98. The van der Waals surface area contributed by atoms with Crippen molar-refractivity contribution in [3.05, 3.63) is 23.6 Å². The minimum atomic E-state index is -0.533. The van der Waals surface area contributed by atoms with Crippen molar-refractivity contribution in [1.82, 2.24) is 10.3 Å². The largest absolute Gasteiger partial charge is 0.383 e. The van der Waals surface area contributed by atoms with Crippen molar-refractivity contribution in [2.45, 2.75) is 13.3 Å². The van der Waals surface area contributed by atoms with Gasteiger partial charge in [0.2, 0.25) is 0 Å². The van der Waals surface area contributed by atoms with Gasteiger partial charge in [0.05, 0.1) is 18.4 Å². The Labute approximate surface area is 106 Å². The Morgan fingerprint density at radius 3 is 2.94 bits per heavy atom. The molecule has 1 heterocycles. The standard InChI is InChI=1S/C12H18FN3O2/c1-3-4-14-11-10(7-9(13)8-16-11)12(17)15-5-6-18-2/h7-8H,3-6H2,1-2H3,(H,14,16)(H,15,17). The van der Waals surface area contributed by atoms with Gasteiger partial charge in [-0.15, -0.1) is 0 Å². The van der Waals surface area contributed by atoms with Crippen molar-refractivity contribution in [2.75, 3.05) is 32.1 Å². The lowest BCUT2D eigenvalue weighted by Crippen LogP contribution is -2.28. The summed E-state index contributed by atoms with van der Waals surface area (Å²) in [7, 11) is 1.55. The van der Waals surface area contributed by atoms with Crippen LogP contribution in [-0.4, -0.2) is 37.7 Å². The first-order valence-corrected chi connectivity index (χ1v) is 5.85. The number of methoxy groups -OCH3 is 1. The molecule has 1 rings (SSSR count). The average molecular weight is 255 g/mol. The predicted molar refractivity (Wildman–Crippen MR) is 67.2 cm³/mol. The second-order valence-corrected chi connectivity index (χ2v) is 3.73. The molecule has 5 nitrogen and oxygen atoms in total. The molecule has 1 amide bonds. The quantitative estimate of drug-likeness (QED) is 0.723. The van der Waals surface area contributed by atoms with E-state index in [0.717, 1.165) is 12.6 Å². The van der Waals surface area contributed by atoms with Crippen LogP contribution in [0.3, 0.4) is 0 Å². The lowest BCUT2D eigenvalue weighted by Gasteiger charge is -2.10. The third-order valence-corrected chi connectivity index (χ3v) is 2.23. The van der Waals surface area contributed by atoms with E-state index in [4.69, 9.17) is 4.74 Å². The highest BCUT2D eigenvalue weighted by atomic mass is 19.1. The van der Waals surface area contributed by atoms with E-state index in [0.29, 0.717) is 25.5 Å². The number of nitrogens with zero attached hydrogens (tertiary/aromatic N) is 1. The smallest absolute Gasteiger partial charge is 0.255 e. The number of amides is 1. The number of nitrogens with one attached hydrogen (secondary N) is 2. The molecule has 0 aliphatic heterocycles. The highest BCUT2D eigenvalue weighted by Gasteiger charge is 2.13. The molecule has 0 spiro atoms. The second kappa shape index (κ2) is 7.60. The Morgan fingerprint density at radius 1 is 1.50 bits per heavy atom. The third-order valence-electron chi connectivity index (χ3n) is 2.23. The molecule has 100 valence electrons. The predicted octanol–water partition coefficient (Wildman–Crippen LogP) is 1.42. The van der Waals surface area contributed by atoms with Crippen LogP contribution in [0.1, 0.15) is 23.7 Å². The summed E-state index contributed by atoms with van der Waals surface area (Å²) in [6.45, 7) is 3.46. The number of pyridine rings is 1. The van der Waals surface area contributed by atoms with E-state index in [9.17, 15) is 9.18 Å². The van der Waals surface area contributed by atoms with Crippen LogP contribution in [0.5, 0.6) is 0 Å². The number of carbonyl (C=O) groups excluding carboxylic acids is 1. The van der Waals surface area contributed by atoms with Crippen molar-refractivity contribution in [3.63, 3.8) is 0 Å². The molecule has 0 radical (unpaired) electrons. The monoisotopic (exact) mass is 255 g/mol. The Morgan fingerprint density at radius 2 is 2.28 bits per heavy atom. The number of halogens is 1. The van der Waals surface area contributed by atoms with Gasteiger partial charge in [-0.05, 0) is 12.5 Å². The number of anilines is 1. The van der Waals surface area contributed by atoms with Crippen LogP contribution >= 0.6 is 0 Å². The van der Waals surface area contributed by atoms with Crippen LogP contribution in [-0.2, 0) is 4.74 Å². The minimum absolute atomic E-state index is 0.208. The highest BCUT2D eigenvalue weighted by Crippen LogP contribution is 2.13. The molecule has 18 heavy (non-hydrogen) atoms. The Balaban J connectivity index is 2.76. The molecule has 6 heteroatoms. The number of hydrogen-bond donors (Lipinski definition) is 2. The SMILES string of the molecule is CCCNc1ncc(F)cc1C(=O)NCCOC. The first-order valence-electron chi connectivity index (χ1n) is 5.85. The lowest BCUT2D eigenvalue weighted by atomic mass is 10.2. The van der Waals surface area contributed by atoms with Gasteiger partial charge in [-0.3, -0.25) is 4.79 Å². The normalized spacial score (nSPS) is 10.2. The van der Waals surface area contributed by atoms with Gasteiger partial charge in [-0.25, -0.2) is 9.37 Å². The number of carbonyl (C=O) groups is 1. The molecule has 0 aliphatic carbocycles. The molecule has 1 aromatic rings. The fraction of sp³-hybridized carbons (Fsp3) is 0.500. The lowest BCUT2D eigenvalue weighted by molar-refractivity contribution is 0.0937. The molecule has 1 aromatic heterocycles. The summed E-state index contributed by atoms with van der Waals surface area (Å²) >= 11 is 0. The summed E-state index contributed by atoms with van der Waals surface area (Å²) in [5, 5.41) is 5.62. The van der Waals surface area contributed by atoms with Crippen LogP contribution in [0.4, 0.5) is 10.2 Å². The van der Waals surface area contributed by atoms with Crippen molar-refractivity contribution in [2.24, 2.45) is 0 Å². The maximum absolute atomic E-state index is 13.1. The van der Waals surface area contributed by atoms with Crippen LogP contribution < -0.4 is 10.6 Å². The zero-order valence-corrected chi connectivity index (χ0v) is 10.6. The Kier molecular flexibility index (Phi) is 6.07. The van der Waals surface area contributed by atoms with Crippen molar-refractivity contribution in [1.29, 1.82) is 0 Å². The van der Waals surface area contributed by atoms with Crippen molar-refractivity contribution >= 4 is 11.7 Å². The topological polar surface area (TPSA) is 63.2 Å². The van der Waals surface area contributed by atoms with Gasteiger partial charge in [-0.2, -0.15) is 0 Å². The number of ether oxygens (including phenoxy) is 1. The van der Waals surface area contributed by atoms with Gasteiger partial charge in [0.25, 0.3) is 5.91 Å². The van der Waals surface area contributed by atoms with E-state index >= 15 is 0 Å². The molecular formula is C12H18FN3O2. The van der Waals surface area contributed by atoms with Crippen LogP contribution in [0.25, 0.3) is 0 Å². The maximum Gasteiger partial charge on any atom is 0.255 e. The summed E-state index contributed by atoms with van der Waals surface area (Å²) in [6, 6.07) is 1.17. The maximum atomic E-state index is 13.1. The molecule has 0 bridgehead atoms. The summed E-state index contributed by atoms with van der Waals surface area (Å²) in [4.78, 5) is 15.7. The van der Waals surface area contributed by atoms with Crippen LogP contribution in [0, 0.1) is 5.82 Å². The van der Waals surface area contributed by atoms with Crippen LogP contribution in [0.15, 0.2) is 12.3 Å². The Bertz CT molecular complexity index is 399. The molecule has 0 unspecified atom stereocenters. The zero-order valence-electron chi connectivity index (χ0n) is 10.6. The van der Waals surface area contributed by atoms with E-state index in [1.807, 2.05) is 6.92 Å². The summed E-state index contributed by atoms with van der Waals surface area (Å²) < 4.78 is 17.9. The van der Waals surface area contributed by atoms with Crippen molar-refractivity contribution in [3.8, 4) is 0 Å². The zero-order chi connectivity index (χ0) is 13.4. The second-order valence-electron chi connectivity index (χ2n) is 3.73. The molecule has 0 aliphatic rings. The summed E-state index contributed by atoms with van der Waals surface area (Å²) in [5.41, 5.74) is 0.208. The van der Waals surface area contributed by atoms with Gasteiger partial charge in [0, 0.05) is 20.2 Å². The summed E-state index contributed by atoms with van der Waals surface area (Å²) in [5.74, 6) is -0.500. The van der Waals surface area contributed by atoms with E-state index in [1.165, 1.54) is 6.07 Å². The average Bonchev–Trinajstić information content (AvgIpc) is 2.37. The van der Waals surface area contributed by atoms with Gasteiger partial charge < -0.3 is 15.4 Å².